The van der Waals surface area contributed by atoms with Crippen molar-refractivity contribution < 1.29 is 23.9 Å². The summed E-state index contributed by atoms with van der Waals surface area (Å²) in [5.74, 6) is -0.838. The lowest BCUT2D eigenvalue weighted by atomic mass is 9.79. The lowest BCUT2D eigenvalue weighted by Crippen LogP contribution is -2.35. The summed E-state index contributed by atoms with van der Waals surface area (Å²) in [5.41, 5.74) is 1.08. The first-order valence-corrected chi connectivity index (χ1v) is 9.87. The normalized spacial score (nSPS) is 30.3. The van der Waals surface area contributed by atoms with E-state index in [9.17, 15) is 14.4 Å². The highest BCUT2D eigenvalue weighted by atomic mass is 16.6. The second-order valence-electron chi connectivity index (χ2n) is 7.83. The van der Waals surface area contributed by atoms with Crippen LogP contribution in [0.4, 0.5) is 5.69 Å². The van der Waals surface area contributed by atoms with Gasteiger partial charge < -0.3 is 14.8 Å². The summed E-state index contributed by atoms with van der Waals surface area (Å²) < 4.78 is 10.6. The van der Waals surface area contributed by atoms with Gasteiger partial charge in [0.2, 0.25) is 5.91 Å². The van der Waals surface area contributed by atoms with Gasteiger partial charge in [-0.15, -0.1) is 0 Å². The maximum Gasteiger partial charge on any atom is 0.338 e. The lowest BCUT2D eigenvalue weighted by molar-refractivity contribution is -0.145. The molecule has 5 atom stereocenters. The van der Waals surface area contributed by atoms with E-state index < -0.39 is 0 Å². The fraction of sp³-hybridized carbons (Fsp3) is 0.571. The summed E-state index contributed by atoms with van der Waals surface area (Å²) in [6.07, 6.45) is 4.71. The van der Waals surface area contributed by atoms with Crippen LogP contribution in [-0.2, 0) is 19.1 Å². The molecule has 2 aliphatic carbocycles. The molecule has 144 valence electrons. The van der Waals surface area contributed by atoms with Crippen molar-refractivity contribution in [1.82, 2.24) is 0 Å². The molecular formula is C21H25NO5. The van der Waals surface area contributed by atoms with Gasteiger partial charge in [-0.25, -0.2) is 4.79 Å². The zero-order valence-corrected chi connectivity index (χ0v) is 15.5. The van der Waals surface area contributed by atoms with Crippen LogP contribution in [0.5, 0.6) is 0 Å². The average Bonchev–Trinajstić information content (AvgIpc) is 3.28. The van der Waals surface area contributed by atoms with Gasteiger partial charge in [-0.2, -0.15) is 0 Å². The van der Waals surface area contributed by atoms with Gasteiger partial charge >= 0.3 is 11.9 Å². The maximum atomic E-state index is 12.7. The third kappa shape index (κ3) is 3.33. The Kier molecular flexibility index (Phi) is 4.89. The van der Waals surface area contributed by atoms with Crippen LogP contribution < -0.4 is 5.32 Å². The monoisotopic (exact) mass is 371 g/mol. The second kappa shape index (κ2) is 7.33. The molecule has 6 nitrogen and oxygen atoms in total. The minimum Gasteiger partial charge on any atom is -0.462 e. The van der Waals surface area contributed by atoms with E-state index in [0.29, 0.717) is 17.9 Å². The molecule has 1 amide bonds. The minimum atomic E-state index is -0.350. The first-order chi connectivity index (χ1) is 13.1. The van der Waals surface area contributed by atoms with Crippen LogP contribution >= 0.6 is 0 Å². The molecule has 3 aliphatic rings. The predicted molar refractivity (Wildman–Crippen MR) is 98.0 cm³/mol. The summed E-state index contributed by atoms with van der Waals surface area (Å²) in [7, 11) is 0. The van der Waals surface area contributed by atoms with Crippen molar-refractivity contribution in [2.45, 2.75) is 45.1 Å². The van der Waals surface area contributed by atoms with Gasteiger partial charge in [-0.3, -0.25) is 9.59 Å². The van der Waals surface area contributed by atoms with E-state index in [4.69, 9.17) is 9.47 Å². The minimum absolute atomic E-state index is 0.0270. The molecule has 1 N–H and O–H groups in total. The van der Waals surface area contributed by atoms with Crippen LogP contribution in [0.2, 0.25) is 0 Å². The van der Waals surface area contributed by atoms with Crippen molar-refractivity contribution >= 4 is 23.5 Å². The molecule has 1 aromatic carbocycles. The van der Waals surface area contributed by atoms with E-state index in [1.165, 1.54) is 0 Å². The van der Waals surface area contributed by atoms with Crippen molar-refractivity contribution in [3.8, 4) is 0 Å². The van der Waals surface area contributed by atoms with E-state index >= 15 is 0 Å². The number of unbranched alkanes of at least 4 members (excludes halogenated alkanes) is 2. The third-order valence-electron chi connectivity index (χ3n) is 6.16. The Morgan fingerprint density at radius 3 is 2.70 bits per heavy atom. The number of ether oxygens (including phenoxy) is 2. The summed E-state index contributed by atoms with van der Waals surface area (Å²) in [5, 5.41) is 2.90. The van der Waals surface area contributed by atoms with Gasteiger partial charge in [0.15, 0.2) is 0 Å². The van der Waals surface area contributed by atoms with Gasteiger partial charge in [-0.1, -0.05) is 19.8 Å². The largest absolute Gasteiger partial charge is 0.462 e. The molecule has 1 saturated heterocycles. The fourth-order valence-electron chi connectivity index (χ4n) is 4.88. The highest BCUT2D eigenvalue weighted by Crippen LogP contribution is 2.57. The molecule has 0 spiro atoms. The number of anilines is 1. The van der Waals surface area contributed by atoms with Crippen LogP contribution in [-0.4, -0.2) is 30.6 Å². The first-order valence-electron chi connectivity index (χ1n) is 9.87. The molecule has 1 heterocycles. The SMILES string of the molecule is CCCCCOC(=O)c1ccc(NC(=O)[C@@H]2[C@H]3C[C@@H]4[C@@H]2C(=O)O[C@@H]4C3)cc1. The van der Waals surface area contributed by atoms with E-state index in [1.807, 2.05) is 0 Å². The van der Waals surface area contributed by atoms with Crippen molar-refractivity contribution in [3.63, 3.8) is 0 Å². The Labute approximate surface area is 158 Å². The van der Waals surface area contributed by atoms with Crippen molar-refractivity contribution in [3.05, 3.63) is 29.8 Å². The third-order valence-corrected chi connectivity index (χ3v) is 6.16. The summed E-state index contributed by atoms with van der Waals surface area (Å²) in [4.78, 5) is 36.8. The topological polar surface area (TPSA) is 81.7 Å². The number of rotatable bonds is 7. The molecule has 1 aromatic rings. The molecule has 2 bridgehead atoms. The number of benzene rings is 1. The van der Waals surface area contributed by atoms with Crippen LogP contribution in [0.3, 0.4) is 0 Å². The molecule has 1 aliphatic heterocycles. The highest BCUT2D eigenvalue weighted by molar-refractivity contribution is 5.97. The molecule has 0 radical (unpaired) electrons. The molecule has 4 rings (SSSR count). The molecule has 0 unspecified atom stereocenters. The van der Waals surface area contributed by atoms with Crippen LogP contribution in [0.15, 0.2) is 24.3 Å². The van der Waals surface area contributed by atoms with Crippen molar-refractivity contribution in [2.75, 3.05) is 11.9 Å². The van der Waals surface area contributed by atoms with Gasteiger partial charge in [-0.05, 0) is 49.4 Å². The maximum absolute atomic E-state index is 12.7. The molecular weight excluding hydrogens is 346 g/mol. The number of esters is 2. The summed E-state index contributed by atoms with van der Waals surface area (Å²) in [6.45, 7) is 2.52. The molecule has 6 heteroatoms. The Hall–Kier alpha value is -2.37. The number of nitrogens with one attached hydrogen (secondary N) is 1. The number of fused-ring (bicyclic) bond motifs is 1. The van der Waals surface area contributed by atoms with Crippen LogP contribution in [0, 0.1) is 23.7 Å². The highest BCUT2D eigenvalue weighted by Gasteiger charge is 2.63. The zero-order chi connectivity index (χ0) is 19.0. The van der Waals surface area contributed by atoms with Gasteiger partial charge in [0.1, 0.15) is 6.10 Å². The number of amides is 1. The molecule has 0 aromatic heterocycles. The van der Waals surface area contributed by atoms with Gasteiger partial charge in [0.05, 0.1) is 24.0 Å². The average molecular weight is 371 g/mol. The summed E-state index contributed by atoms with van der Waals surface area (Å²) in [6, 6.07) is 6.70. The van der Waals surface area contributed by atoms with E-state index in [-0.39, 0.29) is 47.6 Å². The second-order valence-corrected chi connectivity index (χ2v) is 7.83. The fourth-order valence-corrected chi connectivity index (χ4v) is 4.88. The smallest absolute Gasteiger partial charge is 0.338 e. The van der Waals surface area contributed by atoms with Crippen LogP contribution in [0.1, 0.15) is 49.4 Å². The zero-order valence-electron chi connectivity index (χ0n) is 15.5. The summed E-state index contributed by atoms with van der Waals surface area (Å²) >= 11 is 0. The van der Waals surface area contributed by atoms with Gasteiger partial charge in [0.25, 0.3) is 0 Å². The molecule has 3 fully saturated rings. The van der Waals surface area contributed by atoms with E-state index in [0.717, 1.165) is 32.1 Å². The standard InChI is InChI=1S/C21H25NO5/c1-2-3-4-9-26-20(24)12-5-7-14(8-6-12)22-19(23)17-13-10-15-16(11-13)27-21(25)18(15)17/h5-8,13,15-18H,2-4,9-11H2,1H3,(H,22,23)/t13-,15-,16+,17+,18-/m0/s1. The van der Waals surface area contributed by atoms with Crippen molar-refractivity contribution in [2.24, 2.45) is 23.7 Å². The van der Waals surface area contributed by atoms with Gasteiger partial charge in [0, 0.05) is 11.6 Å². The number of carbonyl (C=O) groups is 3. The number of hydrogen-bond donors (Lipinski definition) is 1. The lowest BCUT2D eigenvalue weighted by Gasteiger charge is -2.23. The Balaban J connectivity index is 1.34. The first kappa shape index (κ1) is 18.0. The van der Waals surface area contributed by atoms with E-state index in [1.54, 1.807) is 24.3 Å². The predicted octanol–water partition coefficient (Wildman–Crippen LogP) is 3.17. The Morgan fingerprint density at radius 2 is 1.96 bits per heavy atom. The quantitative estimate of drug-likeness (QED) is 0.588. The number of hydrogen-bond acceptors (Lipinski definition) is 5. The molecule has 2 saturated carbocycles. The van der Waals surface area contributed by atoms with E-state index in [2.05, 4.69) is 12.2 Å². The Morgan fingerprint density at radius 1 is 1.19 bits per heavy atom. The molecule has 27 heavy (non-hydrogen) atoms. The number of carbonyl (C=O) groups excluding carboxylic acids is 3. The Bertz CT molecular complexity index is 741. The van der Waals surface area contributed by atoms with Crippen LogP contribution in [0.25, 0.3) is 0 Å². The van der Waals surface area contributed by atoms with Crippen molar-refractivity contribution in [1.29, 1.82) is 0 Å².